The van der Waals surface area contributed by atoms with Crippen molar-refractivity contribution in [2.24, 2.45) is 14.1 Å². The quantitative estimate of drug-likeness (QED) is 0.534. The Morgan fingerprint density at radius 3 is 2.90 bits per heavy atom. The molecule has 0 fully saturated rings. The van der Waals surface area contributed by atoms with E-state index in [1.165, 1.54) is 6.08 Å². The summed E-state index contributed by atoms with van der Waals surface area (Å²) < 4.78 is 3.32. The van der Waals surface area contributed by atoms with E-state index in [1.54, 1.807) is 34.9 Å². The Balaban J connectivity index is 1.85. The van der Waals surface area contributed by atoms with Crippen LogP contribution in [0.4, 0.5) is 0 Å². The van der Waals surface area contributed by atoms with Gasteiger partial charge in [0.2, 0.25) is 0 Å². The van der Waals surface area contributed by atoms with Crippen molar-refractivity contribution in [3.8, 4) is 0 Å². The number of hydrogen-bond donors (Lipinski definition) is 0. The van der Waals surface area contributed by atoms with Gasteiger partial charge < -0.3 is 0 Å². The summed E-state index contributed by atoms with van der Waals surface area (Å²) in [5, 5.41) is 12.0. The van der Waals surface area contributed by atoms with E-state index in [4.69, 9.17) is 0 Å². The molecule has 0 saturated heterocycles. The molecule has 0 aliphatic heterocycles. The van der Waals surface area contributed by atoms with Crippen LogP contribution in [0.15, 0.2) is 36.7 Å². The summed E-state index contributed by atoms with van der Waals surface area (Å²) in [4.78, 5) is 11.9. The van der Waals surface area contributed by atoms with Crippen molar-refractivity contribution >= 4 is 22.9 Å². The minimum absolute atomic E-state index is 0.0719. The van der Waals surface area contributed by atoms with Crippen molar-refractivity contribution in [1.82, 2.24) is 24.8 Å². The molecule has 0 saturated carbocycles. The first-order valence-electron chi connectivity index (χ1n) is 6.14. The van der Waals surface area contributed by atoms with Gasteiger partial charge in [-0.2, -0.15) is 5.10 Å². The van der Waals surface area contributed by atoms with Gasteiger partial charge in [0.15, 0.2) is 5.78 Å². The van der Waals surface area contributed by atoms with Gasteiger partial charge in [0.1, 0.15) is 5.52 Å². The number of aryl methyl sites for hydroxylation is 2. The summed E-state index contributed by atoms with van der Waals surface area (Å²) in [5.74, 6) is -0.0719. The minimum atomic E-state index is -0.0719. The van der Waals surface area contributed by atoms with Crippen LogP contribution in [0.3, 0.4) is 0 Å². The fraction of sp³-hybridized carbons (Fsp3) is 0.143. The van der Waals surface area contributed by atoms with Gasteiger partial charge in [-0.05, 0) is 23.8 Å². The molecule has 6 heteroatoms. The van der Waals surface area contributed by atoms with E-state index in [0.29, 0.717) is 5.56 Å². The standard InChI is InChI=1S/C14H13N5O/c1-18-9-11(8-15-18)14(20)6-4-10-3-5-13-12(7-10)16-17-19(13)2/h3-9H,1-2H3/b6-4-. The van der Waals surface area contributed by atoms with Gasteiger partial charge >= 0.3 is 0 Å². The first-order chi connectivity index (χ1) is 9.63. The average molecular weight is 267 g/mol. The van der Waals surface area contributed by atoms with Crippen molar-refractivity contribution in [2.45, 2.75) is 0 Å². The summed E-state index contributed by atoms with van der Waals surface area (Å²) in [7, 11) is 3.62. The maximum atomic E-state index is 11.9. The second-order valence-electron chi connectivity index (χ2n) is 4.56. The fourth-order valence-electron chi connectivity index (χ4n) is 1.98. The lowest BCUT2D eigenvalue weighted by molar-refractivity contribution is 0.104. The molecule has 0 bridgehead atoms. The van der Waals surface area contributed by atoms with Gasteiger partial charge in [-0.3, -0.25) is 9.48 Å². The number of carbonyl (C=O) groups is 1. The van der Waals surface area contributed by atoms with E-state index in [-0.39, 0.29) is 5.78 Å². The van der Waals surface area contributed by atoms with Crippen LogP contribution in [0.25, 0.3) is 17.1 Å². The highest BCUT2D eigenvalue weighted by atomic mass is 16.1. The minimum Gasteiger partial charge on any atom is -0.289 e. The average Bonchev–Trinajstić information content (AvgIpc) is 3.03. The molecule has 0 aliphatic rings. The topological polar surface area (TPSA) is 65.6 Å². The molecule has 0 spiro atoms. The molecule has 0 radical (unpaired) electrons. The van der Waals surface area contributed by atoms with Crippen molar-refractivity contribution in [3.05, 3.63) is 47.8 Å². The molecule has 3 rings (SSSR count). The Bertz CT molecular complexity index is 812. The predicted molar refractivity (Wildman–Crippen MR) is 75.1 cm³/mol. The zero-order valence-corrected chi connectivity index (χ0v) is 11.2. The lowest BCUT2D eigenvalue weighted by Crippen LogP contribution is -1.92. The van der Waals surface area contributed by atoms with Gasteiger partial charge in [-0.25, -0.2) is 4.68 Å². The second-order valence-corrected chi connectivity index (χ2v) is 4.56. The van der Waals surface area contributed by atoms with E-state index in [2.05, 4.69) is 15.4 Å². The van der Waals surface area contributed by atoms with Crippen LogP contribution in [-0.2, 0) is 14.1 Å². The summed E-state index contributed by atoms with van der Waals surface area (Å²) >= 11 is 0. The number of nitrogens with zero attached hydrogens (tertiary/aromatic N) is 5. The third kappa shape index (κ3) is 2.23. The normalized spacial score (nSPS) is 11.5. The molecular formula is C14H13N5O. The lowest BCUT2D eigenvalue weighted by Gasteiger charge is -1.94. The SMILES string of the molecule is Cn1cc(C(=O)/C=C\c2ccc3c(c2)nnn3C)cn1. The highest BCUT2D eigenvalue weighted by Gasteiger charge is 2.04. The summed E-state index contributed by atoms with van der Waals surface area (Å²) in [5.41, 5.74) is 3.25. The van der Waals surface area contributed by atoms with Crippen molar-refractivity contribution in [1.29, 1.82) is 0 Å². The molecule has 2 heterocycles. The van der Waals surface area contributed by atoms with Crippen LogP contribution >= 0.6 is 0 Å². The Kier molecular flexibility index (Phi) is 2.90. The molecule has 100 valence electrons. The van der Waals surface area contributed by atoms with Crippen LogP contribution in [0.5, 0.6) is 0 Å². The number of ketones is 1. The van der Waals surface area contributed by atoms with Crippen LogP contribution < -0.4 is 0 Å². The molecule has 0 amide bonds. The third-order valence-corrected chi connectivity index (χ3v) is 3.05. The molecule has 1 aromatic carbocycles. The zero-order chi connectivity index (χ0) is 14.1. The first-order valence-corrected chi connectivity index (χ1v) is 6.14. The molecule has 20 heavy (non-hydrogen) atoms. The Morgan fingerprint density at radius 2 is 2.15 bits per heavy atom. The molecule has 0 N–H and O–H groups in total. The summed E-state index contributed by atoms with van der Waals surface area (Å²) in [6.45, 7) is 0. The number of aromatic nitrogens is 5. The van der Waals surface area contributed by atoms with Gasteiger partial charge in [0, 0.05) is 20.3 Å². The molecule has 0 atom stereocenters. The largest absolute Gasteiger partial charge is 0.289 e. The number of carbonyl (C=O) groups excluding carboxylic acids is 1. The van der Waals surface area contributed by atoms with Crippen LogP contribution in [0.1, 0.15) is 15.9 Å². The van der Waals surface area contributed by atoms with Gasteiger partial charge in [0.25, 0.3) is 0 Å². The van der Waals surface area contributed by atoms with Crippen molar-refractivity contribution in [3.63, 3.8) is 0 Å². The lowest BCUT2D eigenvalue weighted by atomic mass is 10.1. The maximum Gasteiger partial charge on any atom is 0.189 e. The van der Waals surface area contributed by atoms with E-state index in [9.17, 15) is 4.79 Å². The number of hydrogen-bond acceptors (Lipinski definition) is 4. The van der Waals surface area contributed by atoms with Gasteiger partial charge in [-0.1, -0.05) is 17.4 Å². The number of rotatable bonds is 3. The third-order valence-electron chi connectivity index (χ3n) is 3.05. The van der Waals surface area contributed by atoms with E-state index in [1.807, 2.05) is 25.2 Å². The molecule has 2 aromatic heterocycles. The fourth-order valence-corrected chi connectivity index (χ4v) is 1.98. The van der Waals surface area contributed by atoms with E-state index in [0.717, 1.165) is 16.6 Å². The summed E-state index contributed by atoms with van der Waals surface area (Å²) in [6.07, 6.45) is 6.55. The van der Waals surface area contributed by atoms with E-state index < -0.39 is 0 Å². The number of benzene rings is 1. The Labute approximate surface area is 115 Å². The second kappa shape index (κ2) is 4.73. The Hall–Kier alpha value is -2.76. The molecule has 0 unspecified atom stereocenters. The molecule has 3 aromatic rings. The highest BCUT2D eigenvalue weighted by molar-refractivity contribution is 6.06. The van der Waals surface area contributed by atoms with Crippen LogP contribution in [-0.4, -0.2) is 30.6 Å². The first kappa shape index (κ1) is 12.3. The van der Waals surface area contributed by atoms with E-state index >= 15 is 0 Å². The van der Waals surface area contributed by atoms with Gasteiger partial charge in [-0.15, -0.1) is 5.10 Å². The summed E-state index contributed by atoms with van der Waals surface area (Å²) in [6, 6.07) is 5.76. The number of fused-ring (bicyclic) bond motifs is 1. The predicted octanol–water partition coefficient (Wildman–Crippen LogP) is 1.60. The van der Waals surface area contributed by atoms with Crippen LogP contribution in [0.2, 0.25) is 0 Å². The number of allylic oxidation sites excluding steroid dienone is 1. The molecule has 0 aliphatic carbocycles. The smallest absolute Gasteiger partial charge is 0.189 e. The molecule has 6 nitrogen and oxygen atoms in total. The highest BCUT2D eigenvalue weighted by Crippen LogP contribution is 2.14. The maximum absolute atomic E-state index is 11.9. The zero-order valence-electron chi connectivity index (χ0n) is 11.2. The van der Waals surface area contributed by atoms with Gasteiger partial charge in [0.05, 0.1) is 17.3 Å². The van der Waals surface area contributed by atoms with Crippen molar-refractivity contribution in [2.75, 3.05) is 0 Å². The Morgan fingerprint density at radius 1 is 1.30 bits per heavy atom. The van der Waals surface area contributed by atoms with Crippen molar-refractivity contribution < 1.29 is 4.79 Å². The molecular weight excluding hydrogens is 254 g/mol. The van der Waals surface area contributed by atoms with Crippen LogP contribution in [0, 0.1) is 0 Å². The monoisotopic (exact) mass is 267 g/mol.